The van der Waals surface area contributed by atoms with Crippen LogP contribution in [0.15, 0.2) is 53.6 Å². The van der Waals surface area contributed by atoms with Crippen LogP contribution in [0.25, 0.3) is 22.6 Å². The minimum Gasteiger partial charge on any atom is -0.368 e. The first-order valence-electron chi connectivity index (χ1n) is 9.86. The number of nitrogens with two attached hydrogens (primary N) is 1. The van der Waals surface area contributed by atoms with Crippen LogP contribution >= 0.6 is 0 Å². The molecular weight excluding hydrogens is 378 g/mol. The fraction of sp³-hybridized carbons (Fsp3) is 0.318. The molecule has 8 heteroatoms. The van der Waals surface area contributed by atoms with E-state index in [-0.39, 0.29) is 16.8 Å². The van der Waals surface area contributed by atoms with E-state index in [1.165, 1.54) is 5.56 Å². The van der Waals surface area contributed by atoms with Gasteiger partial charge in [0.15, 0.2) is 5.82 Å². The number of nitrogens with zero attached hydrogens (tertiary/aromatic N) is 6. The first kappa shape index (κ1) is 18.5. The van der Waals surface area contributed by atoms with Gasteiger partial charge in [-0.25, -0.2) is 9.97 Å². The molecule has 3 aromatic heterocycles. The van der Waals surface area contributed by atoms with Gasteiger partial charge in [0.1, 0.15) is 0 Å². The zero-order chi connectivity index (χ0) is 20.9. The number of aryl methyl sites for hydroxylation is 1. The monoisotopic (exact) mass is 401 g/mol. The zero-order valence-electron chi connectivity index (χ0n) is 17.2. The molecule has 0 radical (unpaired) electrons. The molecule has 2 N–H and O–H groups in total. The van der Waals surface area contributed by atoms with Gasteiger partial charge >= 0.3 is 0 Å². The largest absolute Gasteiger partial charge is 0.368 e. The van der Waals surface area contributed by atoms with E-state index in [1.807, 2.05) is 13.2 Å². The molecule has 4 aromatic rings. The third kappa shape index (κ3) is 3.04. The standard InChI is InChI=1S/C22H23N7O/c1-21(2)12-22(13-21,19-27-18(30-28-19)16-10-26-29(3)11-16)17-6-4-14(5-7-17)15-8-24-20(23)25-9-15/h4-11H,12-13H2,1-3H3,(H2,23,24,25). The minimum atomic E-state index is -0.260. The van der Waals surface area contributed by atoms with Gasteiger partial charge < -0.3 is 10.3 Å². The Labute approximate surface area is 174 Å². The highest BCUT2D eigenvalue weighted by Gasteiger charge is 2.54. The fourth-order valence-corrected chi connectivity index (χ4v) is 4.61. The van der Waals surface area contributed by atoms with E-state index in [1.54, 1.807) is 23.3 Å². The fourth-order valence-electron chi connectivity index (χ4n) is 4.61. The zero-order valence-corrected chi connectivity index (χ0v) is 17.2. The summed E-state index contributed by atoms with van der Waals surface area (Å²) in [6.45, 7) is 4.54. The Morgan fingerprint density at radius 2 is 1.67 bits per heavy atom. The van der Waals surface area contributed by atoms with Gasteiger partial charge in [0.25, 0.3) is 5.89 Å². The molecule has 5 rings (SSSR count). The number of nitrogen functional groups attached to an aromatic ring is 1. The number of anilines is 1. The molecular formula is C22H23N7O. The van der Waals surface area contributed by atoms with Crippen LogP contribution in [-0.2, 0) is 12.5 Å². The van der Waals surface area contributed by atoms with Crippen LogP contribution in [0.3, 0.4) is 0 Å². The highest BCUT2D eigenvalue weighted by atomic mass is 16.5. The first-order valence-corrected chi connectivity index (χ1v) is 9.86. The lowest BCUT2D eigenvalue weighted by Gasteiger charge is -2.51. The molecule has 8 nitrogen and oxygen atoms in total. The number of benzene rings is 1. The van der Waals surface area contributed by atoms with Gasteiger partial charge in [-0.15, -0.1) is 0 Å². The molecule has 1 aromatic carbocycles. The average molecular weight is 401 g/mol. The molecule has 152 valence electrons. The summed E-state index contributed by atoms with van der Waals surface area (Å²) < 4.78 is 7.32. The first-order chi connectivity index (χ1) is 14.3. The van der Waals surface area contributed by atoms with E-state index in [2.05, 4.69) is 58.3 Å². The van der Waals surface area contributed by atoms with E-state index < -0.39 is 0 Å². The predicted octanol–water partition coefficient (Wildman–Crippen LogP) is 3.62. The highest BCUT2D eigenvalue weighted by molar-refractivity contribution is 5.63. The van der Waals surface area contributed by atoms with E-state index >= 15 is 0 Å². The summed E-state index contributed by atoms with van der Waals surface area (Å²) in [5.41, 5.74) is 9.53. The summed E-state index contributed by atoms with van der Waals surface area (Å²) >= 11 is 0. The summed E-state index contributed by atoms with van der Waals surface area (Å²) in [5.74, 6) is 1.50. The number of rotatable bonds is 4. The van der Waals surface area contributed by atoms with Crippen molar-refractivity contribution in [3.63, 3.8) is 0 Å². The highest BCUT2D eigenvalue weighted by Crippen LogP contribution is 2.58. The molecule has 0 bridgehead atoms. The second-order valence-electron chi connectivity index (χ2n) is 8.83. The predicted molar refractivity (Wildman–Crippen MR) is 112 cm³/mol. The maximum atomic E-state index is 5.60. The Balaban J connectivity index is 1.50. The minimum absolute atomic E-state index is 0.221. The molecule has 0 amide bonds. The Bertz CT molecular complexity index is 1180. The Kier molecular flexibility index (Phi) is 3.99. The van der Waals surface area contributed by atoms with Crippen molar-refractivity contribution in [3.8, 4) is 22.6 Å². The summed E-state index contributed by atoms with van der Waals surface area (Å²) in [6.07, 6.45) is 8.99. The second-order valence-corrected chi connectivity index (χ2v) is 8.83. The topological polar surface area (TPSA) is 109 Å². The number of hydrogen-bond acceptors (Lipinski definition) is 7. The van der Waals surface area contributed by atoms with Crippen molar-refractivity contribution in [1.82, 2.24) is 29.9 Å². The van der Waals surface area contributed by atoms with Gasteiger partial charge in [0.05, 0.1) is 17.2 Å². The smallest absolute Gasteiger partial charge is 0.261 e. The summed E-state index contributed by atoms with van der Waals surface area (Å²) in [5, 5.41) is 8.57. The Morgan fingerprint density at radius 1 is 0.967 bits per heavy atom. The molecule has 0 unspecified atom stereocenters. The maximum absolute atomic E-state index is 5.60. The molecule has 30 heavy (non-hydrogen) atoms. The van der Waals surface area contributed by atoms with Gasteiger partial charge in [-0.2, -0.15) is 10.1 Å². The van der Waals surface area contributed by atoms with Crippen molar-refractivity contribution in [2.75, 3.05) is 5.73 Å². The van der Waals surface area contributed by atoms with E-state index in [0.29, 0.717) is 5.89 Å². The van der Waals surface area contributed by atoms with Crippen LogP contribution in [0.5, 0.6) is 0 Å². The summed E-state index contributed by atoms with van der Waals surface area (Å²) in [4.78, 5) is 12.9. The van der Waals surface area contributed by atoms with Crippen LogP contribution in [0, 0.1) is 5.41 Å². The van der Waals surface area contributed by atoms with Crippen molar-refractivity contribution in [1.29, 1.82) is 0 Å². The van der Waals surface area contributed by atoms with Gasteiger partial charge in [0, 0.05) is 31.2 Å². The molecule has 0 aliphatic heterocycles. The average Bonchev–Trinajstić information content (AvgIpc) is 3.36. The molecule has 1 aliphatic carbocycles. The second kappa shape index (κ2) is 6.48. The molecule has 1 aliphatic rings. The quantitative estimate of drug-likeness (QED) is 0.556. The summed E-state index contributed by atoms with van der Waals surface area (Å²) in [7, 11) is 1.87. The number of aromatic nitrogens is 6. The van der Waals surface area contributed by atoms with E-state index in [9.17, 15) is 0 Å². The van der Waals surface area contributed by atoms with Gasteiger partial charge in [-0.3, -0.25) is 4.68 Å². The van der Waals surface area contributed by atoms with Gasteiger partial charge in [0.2, 0.25) is 5.95 Å². The lowest BCUT2D eigenvalue weighted by molar-refractivity contribution is 0.0794. The van der Waals surface area contributed by atoms with Gasteiger partial charge in [-0.05, 0) is 29.4 Å². The Morgan fingerprint density at radius 3 is 2.27 bits per heavy atom. The Hall–Kier alpha value is -3.55. The molecule has 3 heterocycles. The van der Waals surface area contributed by atoms with Crippen molar-refractivity contribution < 1.29 is 4.52 Å². The lowest BCUT2D eigenvalue weighted by atomic mass is 9.51. The molecule has 0 saturated heterocycles. The maximum Gasteiger partial charge on any atom is 0.261 e. The molecule has 0 spiro atoms. The van der Waals surface area contributed by atoms with Crippen LogP contribution < -0.4 is 5.73 Å². The normalized spacial score (nSPS) is 16.9. The SMILES string of the molecule is Cn1cc(-c2nc(C3(c4ccc(-c5cnc(N)nc5)cc4)CC(C)(C)C3)no2)cn1. The lowest BCUT2D eigenvalue weighted by Crippen LogP contribution is -2.48. The van der Waals surface area contributed by atoms with E-state index in [0.717, 1.165) is 35.4 Å². The van der Waals surface area contributed by atoms with Crippen molar-refractivity contribution in [2.45, 2.75) is 32.1 Å². The van der Waals surface area contributed by atoms with Crippen LogP contribution in [-0.4, -0.2) is 29.9 Å². The third-order valence-electron chi connectivity index (χ3n) is 5.81. The number of hydrogen-bond donors (Lipinski definition) is 1. The van der Waals surface area contributed by atoms with Gasteiger partial charge in [-0.1, -0.05) is 43.3 Å². The van der Waals surface area contributed by atoms with E-state index in [4.69, 9.17) is 15.2 Å². The summed E-state index contributed by atoms with van der Waals surface area (Å²) in [6, 6.07) is 8.45. The molecule has 0 atom stereocenters. The van der Waals surface area contributed by atoms with Crippen molar-refractivity contribution in [3.05, 3.63) is 60.4 Å². The van der Waals surface area contributed by atoms with Crippen LogP contribution in [0.1, 0.15) is 38.1 Å². The van der Waals surface area contributed by atoms with Crippen LogP contribution in [0.2, 0.25) is 0 Å². The molecule has 1 fully saturated rings. The van der Waals surface area contributed by atoms with Crippen LogP contribution in [0.4, 0.5) is 5.95 Å². The van der Waals surface area contributed by atoms with Crippen molar-refractivity contribution in [2.24, 2.45) is 12.5 Å². The molecule has 1 saturated carbocycles. The third-order valence-corrected chi connectivity index (χ3v) is 5.81. The van der Waals surface area contributed by atoms with Crippen molar-refractivity contribution >= 4 is 5.95 Å².